The van der Waals surface area contributed by atoms with Crippen LogP contribution in [-0.4, -0.2) is 41.1 Å². The van der Waals surface area contributed by atoms with Crippen LogP contribution in [0.4, 0.5) is 4.79 Å². The predicted octanol–water partition coefficient (Wildman–Crippen LogP) is 2.46. The fraction of sp³-hybridized carbons (Fsp3) is 0.875. The van der Waals surface area contributed by atoms with Crippen molar-refractivity contribution in [2.24, 2.45) is 17.8 Å². The summed E-state index contributed by atoms with van der Waals surface area (Å²) in [5, 5.41) is 12.3. The summed E-state index contributed by atoms with van der Waals surface area (Å²) in [5.41, 5.74) is 0. The number of aliphatic carboxylic acids is 1. The monoisotopic (exact) mass is 294 g/mol. The van der Waals surface area contributed by atoms with Gasteiger partial charge in [0.15, 0.2) is 0 Å². The molecule has 21 heavy (non-hydrogen) atoms. The number of amides is 2. The van der Waals surface area contributed by atoms with E-state index in [2.05, 4.69) is 5.32 Å². The van der Waals surface area contributed by atoms with Gasteiger partial charge >= 0.3 is 12.0 Å². The molecule has 3 aliphatic carbocycles. The number of carbonyl (C=O) groups is 2. The minimum atomic E-state index is -0.703. The topological polar surface area (TPSA) is 69.6 Å². The van der Waals surface area contributed by atoms with Crippen molar-refractivity contribution < 1.29 is 14.7 Å². The standard InChI is InChI=1S/C16H26N2O3/c19-15(20)14-4-2-1-3-12(14)9-17-16(21)18(13-7-8-13)10-11-5-6-11/h11-14H,1-10H2,(H,17,21)(H,19,20). The summed E-state index contributed by atoms with van der Waals surface area (Å²) in [6.45, 7) is 1.41. The van der Waals surface area contributed by atoms with Gasteiger partial charge in [-0.3, -0.25) is 4.79 Å². The highest BCUT2D eigenvalue weighted by Gasteiger charge is 2.37. The van der Waals surface area contributed by atoms with Crippen LogP contribution in [0, 0.1) is 17.8 Å². The zero-order valence-electron chi connectivity index (χ0n) is 12.6. The van der Waals surface area contributed by atoms with Crippen molar-refractivity contribution >= 4 is 12.0 Å². The Bertz CT molecular complexity index is 404. The molecule has 0 saturated heterocycles. The quantitative estimate of drug-likeness (QED) is 0.790. The average molecular weight is 294 g/mol. The maximum absolute atomic E-state index is 12.4. The van der Waals surface area contributed by atoms with E-state index >= 15 is 0 Å². The molecule has 3 fully saturated rings. The largest absolute Gasteiger partial charge is 0.481 e. The first-order valence-corrected chi connectivity index (χ1v) is 8.42. The molecule has 0 aromatic carbocycles. The first-order chi connectivity index (χ1) is 10.1. The van der Waals surface area contributed by atoms with Gasteiger partial charge < -0.3 is 15.3 Å². The van der Waals surface area contributed by atoms with Crippen molar-refractivity contribution in [3.63, 3.8) is 0 Å². The van der Waals surface area contributed by atoms with E-state index in [1.165, 1.54) is 12.8 Å². The summed E-state index contributed by atoms with van der Waals surface area (Å²) in [5.74, 6) is -0.178. The molecule has 118 valence electrons. The molecular weight excluding hydrogens is 268 g/mol. The van der Waals surface area contributed by atoms with Crippen LogP contribution in [0.2, 0.25) is 0 Å². The van der Waals surface area contributed by atoms with Gasteiger partial charge in [0.2, 0.25) is 0 Å². The van der Waals surface area contributed by atoms with Crippen LogP contribution in [-0.2, 0) is 4.79 Å². The van der Waals surface area contributed by atoms with Gasteiger partial charge in [0.1, 0.15) is 0 Å². The lowest BCUT2D eigenvalue weighted by Crippen LogP contribution is -2.45. The van der Waals surface area contributed by atoms with Crippen LogP contribution in [0.1, 0.15) is 51.4 Å². The second kappa shape index (κ2) is 6.24. The molecule has 5 heteroatoms. The average Bonchev–Trinajstić information content (AvgIpc) is 3.36. The molecule has 0 bridgehead atoms. The second-order valence-corrected chi connectivity index (χ2v) is 7.00. The van der Waals surface area contributed by atoms with Crippen LogP contribution in [0.5, 0.6) is 0 Å². The fourth-order valence-corrected chi connectivity index (χ4v) is 3.46. The number of hydrogen-bond acceptors (Lipinski definition) is 2. The van der Waals surface area contributed by atoms with Gasteiger partial charge in [0.05, 0.1) is 5.92 Å². The summed E-state index contributed by atoms with van der Waals surface area (Å²) in [7, 11) is 0. The number of urea groups is 1. The summed E-state index contributed by atoms with van der Waals surface area (Å²) in [4.78, 5) is 25.7. The molecular formula is C16H26N2O3. The number of carbonyl (C=O) groups excluding carboxylic acids is 1. The second-order valence-electron chi connectivity index (χ2n) is 7.00. The van der Waals surface area contributed by atoms with Gasteiger partial charge in [-0.15, -0.1) is 0 Å². The highest BCUT2D eigenvalue weighted by molar-refractivity contribution is 5.75. The van der Waals surface area contributed by atoms with Gasteiger partial charge in [-0.25, -0.2) is 4.79 Å². The molecule has 0 aromatic heterocycles. The molecule has 2 amide bonds. The highest BCUT2D eigenvalue weighted by atomic mass is 16.4. The SMILES string of the molecule is O=C(O)C1CCCCC1CNC(=O)N(CC1CC1)C1CC1. The number of hydrogen-bond donors (Lipinski definition) is 2. The van der Waals surface area contributed by atoms with E-state index in [-0.39, 0.29) is 17.9 Å². The van der Waals surface area contributed by atoms with Crippen molar-refractivity contribution in [1.29, 1.82) is 0 Å². The van der Waals surface area contributed by atoms with E-state index in [1.807, 2.05) is 4.90 Å². The van der Waals surface area contributed by atoms with Crippen molar-refractivity contribution in [2.45, 2.75) is 57.4 Å². The Kier molecular flexibility index (Phi) is 4.36. The molecule has 0 aliphatic heterocycles. The maximum atomic E-state index is 12.4. The Morgan fingerprint density at radius 2 is 1.76 bits per heavy atom. The molecule has 3 saturated carbocycles. The minimum absolute atomic E-state index is 0.0270. The van der Waals surface area contributed by atoms with Crippen LogP contribution in [0.25, 0.3) is 0 Å². The third-order valence-electron chi connectivity index (χ3n) is 5.14. The van der Waals surface area contributed by atoms with Crippen LogP contribution in [0.3, 0.4) is 0 Å². The van der Waals surface area contributed by atoms with E-state index in [1.54, 1.807) is 0 Å². The van der Waals surface area contributed by atoms with Gasteiger partial charge in [-0.2, -0.15) is 0 Å². The van der Waals surface area contributed by atoms with Crippen LogP contribution < -0.4 is 5.32 Å². The number of nitrogens with zero attached hydrogens (tertiary/aromatic N) is 1. The maximum Gasteiger partial charge on any atom is 0.317 e. The minimum Gasteiger partial charge on any atom is -0.481 e. The number of carboxylic acids is 1. The summed E-state index contributed by atoms with van der Waals surface area (Å²) in [6.07, 6.45) is 8.51. The van der Waals surface area contributed by atoms with Gasteiger partial charge in [-0.05, 0) is 50.4 Å². The third kappa shape index (κ3) is 3.89. The first-order valence-electron chi connectivity index (χ1n) is 8.42. The van der Waals surface area contributed by atoms with E-state index in [9.17, 15) is 14.7 Å². The van der Waals surface area contributed by atoms with Gasteiger partial charge in [-0.1, -0.05) is 12.8 Å². The normalized spacial score (nSPS) is 29.0. The zero-order chi connectivity index (χ0) is 14.8. The van der Waals surface area contributed by atoms with Gasteiger partial charge in [0.25, 0.3) is 0 Å². The lowest BCUT2D eigenvalue weighted by Gasteiger charge is -2.30. The Morgan fingerprint density at radius 3 is 2.38 bits per heavy atom. The zero-order valence-corrected chi connectivity index (χ0v) is 12.6. The Hall–Kier alpha value is -1.26. The summed E-state index contributed by atoms with van der Waals surface area (Å²) in [6, 6.07) is 0.464. The van der Waals surface area contributed by atoms with Crippen molar-refractivity contribution in [2.75, 3.05) is 13.1 Å². The molecule has 3 rings (SSSR count). The molecule has 3 aliphatic rings. The molecule has 2 unspecified atom stereocenters. The van der Waals surface area contributed by atoms with Crippen molar-refractivity contribution in [3.8, 4) is 0 Å². The molecule has 0 heterocycles. The molecule has 0 spiro atoms. The molecule has 5 nitrogen and oxygen atoms in total. The smallest absolute Gasteiger partial charge is 0.317 e. The number of carboxylic acid groups (broad SMARTS) is 1. The molecule has 0 aromatic rings. The molecule has 2 atom stereocenters. The Balaban J connectivity index is 1.50. The lowest BCUT2D eigenvalue weighted by atomic mass is 9.79. The van der Waals surface area contributed by atoms with Crippen molar-refractivity contribution in [1.82, 2.24) is 10.2 Å². The lowest BCUT2D eigenvalue weighted by molar-refractivity contribution is -0.144. The summed E-state index contributed by atoms with van der Waals surface area (Å²) < 4.78 is 0. The van der Waals surface area contributed by atoms with E-state index in [4.69, 9.17) is 0 Å². The van der Waals surface area contributed by atoms with E-state index < -0.39 is 5.97 Å². The molecule has 0 radical (unpaired) electrons. The highest BCUT2D eigenvalue weighted by Crippen LogP contribution is 2.35. The molecule has 2 N–H and O–H groups in total. The van der Waals surface area contributed by atoms with Crippen LogP contribution in [0.15, 0.2) is 0 Å². The van der Waals surface area contributed by atoms with Gasteiger partial charge in [0, 0.05) is 19.1 Å². The van der Waals surface area contributed by atoms with Crippen molar-refractivity contribution in [3.05, 3.63) is 0 Å². The van der Waals surface area contributed by atoms with E-state index in [0.717, 1.165) is 45.1 Å². The fourth-order valence-electron chi connectivity index (χ4n) is 3.46. The first kappa shape index (κ1) is 14.7. The Labute approximate surface area is 126 Å². The predicted molar refractivity (Wildman–Crippen MR) is 78.9 cm³/mol. The van der Waals surface area contributed by atoms with Crippen LogP contribution >= 0.6 is 0 Å². The third-order valence-corrected chi connectivity index (χ3v) is 5.14. The summed E-state index contributed by atoms with van der Waals surface area (Å²) >= 11 is 0. The Morgan fingerprint density at radius 1 is 1.05 bits per heavy atom. The number of nitrogens with one attached hydrogen (secondary N) is 1. The number of rotatable bonds is 6. The van der Waals surface area contributed by atoms with E-state index in [0.29, 0.717) is 18.5 Å².